The Balaban J connectivity index is 2.20. The fourth-order valence-electron chi connectivity index (χ4n) is 2.21. The van der Waals surface area contributed by atoms with Gasteiger partial charge in [-0.2, -0.15) is 0 Å². The third-order valence-corrected chi connectivity index (χ3v) is 3.39. The highest BCUT2D eigenvalue weighted by atomic mass is 16.7. The molecule has 1 heterocycles. The van der Waals surface area contributed by atoms with Crippen LogP contribution in [0.3, 0.4) is 0 Å². The van der Waals surface area contributed by atoms with Crippen molar-refractivity contribution in [1.82, 2.24) is 0 Å². The smallest absolute Gasteiger partial charge is 0.335 e. The number of aliphatic hydroxyl groups is 3. The average Bonchev–Trinajstić information content (AvgIpc) is 2.41. The summed E-state index contributed by atoms with van der Waals surface area (Å²) < 4.78 is 10.5. The van der Waals surface area contributed by atoms with Crippen molar-refractivity contribution >= 4 is 5.97 Å². The highest BCUT2D eigenvalue weighted by Gasteiger charge is 2.48. The van der Waals surface area contributed by atoms with Gasteiger partial charge in [0.1, 0.15) is 24.1 Å². The van der Waals surface area contributed by atoms with Crippen molar-refractivity contribution in [3.63, 3.8) is 0 Å². The lowest BCUT2D eigenvalue weighted by atomic mass is 9.99. The Bertz CT molecular complexity index is 530. The molecule has 1 aromatic rings. The van der Waals surface area contributed by atoms with Gasteiger partial charge in [0.05, 0.1) is 0 Å². The average molecular weight is 298 g/mol. The van der Waals surface area contributed by atoms with Gasteiger partial charge < -0.3 is 29.9 Å². The summed E-state index contributed by atoms with van der Waals surface area (Å²) in [6.07, 6.45) is -8.01. The van der Waals surface area contributed by atoms with Gasteiger partial charge in [-0.15, -0.1) is 0 Å². The van der Waals surface area contributed by atoms with Crippen LogP contribution in [-0.4, -0.2) is 57.1 Å². The van der Waals surface area contributed by atoms with E-state index in [9.17, 15) is 20.1 Å². The predicted octanol–water partition coefficient (Wildman–Crippen LogP) is -0.426. The van der Waals surface area contributed by atoms with Crippen LogP contribution in [-0.2, 0) is 9.53 Å². The second-order valence-electron chi connectivity index (χ2n) is 5.12. The van der Waals surface area contributed by atoms with Gasteiger partial charge in [-0.25, -0.2) is 4.79 Å². The molecule has 0 amide bonds. The third kappa shape index (κ3) is 3.16. The largest absolute Gasteiger partial charge is 0.479 e. The molecule has 1 saturated heterocycles. The molecule has 1 aliphatic heterocycles. The molecule has 7 heteroatoms. The summed E-state index contributed by atoms with van der Waals surface area (Å²) in [4.78, 5) is 11.0. The number of carboxylic acid groups (broad SMARTS) is 1. The monoisotopic (exact) mass is 298 g/mol. The van der Waals surface area contributed by atoms with Crippen LogP contribution in [0.25, 0.3) is 0 Å². The molecule has 0 aromatic heterocycles. The molecule has 0 aliphatic carbocycles. The SMILES string of the molecule is Cc1ccc(OC2OC(C(=O)O)C(O)C(O)C2O)c(C)c1. The summed E-state index contributed by atoms with van der Waals surface area (Å²) in [7, 11) is 0. The maximum Gasteiger partial charge on any atom is 0.335 e. The van der Waals surface area contributed by atoms with Crippen LogP contribution in [0.1, 0.15) is 11.1 Å². The molecular formula is C14H18O7. The Labute approximate surface area is 121 Å². The van der Waals surface area contributed by atoms with Crippen molar-refractivity contribution in [1.29, 1.82) is 0 Å². The molecule has 21 heavy (non-hydrogen) atoms. The minimum absolute atomic E-state index is 0.400. The second kappa shape index (κ2) is 5.98. The fourth-order valence-corrected chi connectivity index (χ4v) is 2.21. The first kappa shape index (κ1) is 15.7. The van der Waals surface area contributed by atoms with Gasteiger partial charge in [-0.05, 0) is 25.5 Å². The van der Waals surface area contributed by atoms with E-state index in [0.29, 0.717) is 5.75 Å². The zero-order chi connectivity index (χ0) is 15.7. The summed E-state index contributed by atoms with van der Waals surface area (Å²) in [5.41, 5.74) is 1.79. The van der Waals surface area contributed by atoms with E-state index in [-0.39, 0.29) is 0 Å². The van der Waals surface area contributed by atoms with Crippen molar-refractivity contribution in [2.75, 3.05) is 0 Å². The molecule has 4 N–H and O–H groups in total. The van der Waals surface area contributed by atoms with Crippen molar-refractivity contribution in [3.05, 3.63) is 29.3 Å². The van der Waals surface area contributed by atoms with Crippen LogP contribution in [0.2, 0.25) is 0 Å². The fraction of sp³-hybridized carbons (Fsp3) is 0.500. The van der Waals surface area contributed by atoms with E-state index in [1.165, 1.54) is 0 Å². The van der Waals surface area contributed by atoms with E-state index in [1.54, 1.807) is 19.1 Å². The minimum atomic E-state index is -1.73. The maximum absolute atomic E-state index is 11.0. The summed E-state index contributed by atoms with van der Waals surface area (Å²) >= 11 is 0. The molecule has 1 aromatic carbocycles. The molecule has 0 saturated carbocycles. The van der Waals surface area contributed by atoms with E-state index in [1.807, 2.05) is 13.0 Å². The number of rotatable bonds is 3. The topological polar surface area (TPSA) is 116 Å². The van der Waals surface area contributed by atoms with Gasteiger partial charge in [-0.1, -0.05) is 17.7 Å². The summed E-state index contributed by atoms with van der Waals surface area (Å²) in [5, 5.41) is 38.1. The Morgan fingerprint density at radius 1 is 1.14 bits per heavy atom. The Morgan fingerprint density at radius 2 is 1.81 bits per heavy atom. The molecule has 0 bridgehead atoms. The van der Waals surface area contributed by atoms with E-state index in [2.05, 4.69) is 0 Å². The van der Waals surface area contributed by atoms with Crippen molar-refractivity contribution in [2.24, 2.45) is 0 Å². The van der Waals surface area contributed by atoms with Gasteiger partial charge in [-0.3, -0.25) is 0 Å². The highest BCUT2D eigenvalue weighted by molar-refractivity contribution is 5.73. The standard InChI is InChI=1S/C14H18O7/c1-6-3-4-8(7(2)5-6)20-14-11(17)9(15)10(16)12(21-14)13(18)19/h3-5,9-12,14-17H,1-2H3,(H,18,19). The van der Waals surface area contributed by atoms with Crippen molar-refractivity contribution in [3.8, 4) is 5.75 Å². The number of ether oxygens (including phenoxy) is 2. The summed E-state index contributed by atoms with van der Waals surface area (Å²) in [5.74, 6) is -1.04. The lowest BCUT2D eigenvalue weighted by molar-refractivity contribution is -0.271. The second-order valence-corrected chi connectivity index (χ2v) is 5.12. The van der Waals surface area contributed by atoms with Crippen LogP contribution in [0.5, 0.6) is 5.75 Å². The number of aliphatic hydroxyl groups excluding tert-OH is 3. The molecule has 1 fully saturated rings. The van der Waals surface area contributed by atoms with Gasteiger partial charge >= 0.3 is 5.97 Å². The summed E-state index contributed by atoms with van der Waals surface area (Å²) in [6.45, 7) is 3.70. The third-order valence-electron chi connectivity index (χ3n) is 3.39. The molecule has 2 rings (SSSR count). The van der Waals surface area contributed by atoms with Crippen LogP contribution >= 0.6 is 0 Å². The Kier molecular flexibility index (Phi) is 4.48. The van der Waals surface area contributed by atoms with E-state index >= 15 is 0 Å². The molecule has 0 spiro atoms. The highest BCUT2D eigenvalue weighted by Crippen LogP contribution is 2.26. The van der Waals surface area contributed by atoms with Gasteiger partial charge in [0.2, 0.25) is 6.29 Å². The number of hydrogen-bond donors (Lipinski definition) is 4. The molecule has 1 aliphatic rings. The molecule has 0 radical (unpaired) electrons. The Morgan fingerprint density at radius 3 is 2.38 bits per heavy atom. The minimum Gasteiger partial charge on any atom is -0.479 e. The molecule has 7 nitrogen and oxygen atoms in total. The number of aliphatic carboxylic acids is 1. The molecule has 116 valence electrons. The van der Waals surface area contributed by atoms with Crippen LogP contribution < -0.4 is 4.74 Å². The lowest BCUT2D eigenvalue weighted by Crippen LogP contribution is -2.61. The van der Waals surface area contributed by atoms with Gasteiger partial charge in [0, 0.05) is 0 Å². The summed E-state index contributed by atoms with van der Waals surface area (Å²) in [6, 6.07) is 5.30. The zero-order valence-corrected chi connectivity index (χ0v) is 11.6. The number of hydrogen-bond acceptors (Lipinski definition) is 6. The number of carbonyl (C=O) groups is 1. The first-order valence-electron chi connectivity index (χ1n) is 6.47. The zero-order valence-electron chi connectivity index (χ0n) is 11.6. The maximum atomic E-state index is 11.0. The quantitative estimate of drug-likeness (QED) is 0.598. The van der Waals surface area contributed by atoms with Gasteiger partial charge in [0.15, 0.2) is 6.10 Å². The van der Waals surface area contributed by atoms with Gasteiger partial charge in [0.25, 0.3) is 0 Å². The van der Waals surface area contributed by atoms with E-state index < -0.39 is 36.7 Å². The van der Waals surface area contributed by atoms with Crippen LogP contribution in [0.4, 0.5) is 0 Å². The first-order chi connectivity index (χ1) is 9.81. The molecule has 5 unspecified atom stereocenters. The van der Waals surface area contributed by atoms with Crippen molar-refractivity contribution < 1.29 is 34.7 Å². The van der Waals surface area contributed by atoms with E-state index in [0.717, 1.165) is 11.1 Å². The first-order valence-corrected chi connectivity index (χ1v) is 6.47. The van der Waals surface area contributed by atoms with Crippen LogP contribution in [0, 0.1) is 13.8 Å². The number of benzene rings is 1. The number of aryl methyl sites for hydroxylation is 2. The van der Waals surface area contributed by atoms with E-state index in [4.69, 9.17) is 14.6 Å². The Hall–Kier alpha value is -1.67. The van der Waals surface area contributed by atoms with Crippen molar-refractivity contribution in [2.45, 2.75) is 44.6 Å². The normalized spacial score (nSPS) is 32.7. The molecular weight excluding hydrogens is 280 g/mol. The number of carboxylic acids is 1. The predicted molar refractivity (Wildman–Crippen MR) is 70.9 cm³/mol. The van der Waals surface area contributed by atoms with Crippen LogP contribution in [0.15, 0.2) is 18.2 Å². The lowest BCUT2D eigenvalue weighted by Gasteiger charge is -2.38. The molecule has 5 atom stereocenters.